The SMILES string of the molecule is CC1CN(C)c2ccccc2N(C(=O)c2cc(C(N)=O)cs2)C1. The predicted molar refractivity (Wildman–Crippen MR) is 93.4 cm³/mol. The molecule has 0 fully saturated rings. The summed E-state index contributed by atoms with van der Waals surface area (Å²) in [6.07, 6.45) is 0. The van der Waals surface area contributed by atoms with Crippen molar-refractivity contribution in [3.63, 3.8) is 0 Å². The summed E-state index contributed by atoms with van der Waals surface area (Å²) < 4.78 is 0. The second-order valence-corrected chi connectivity index (χ2v) is 6.87. The molecule has 1 aliphatic rings. The fourth-order valence-corrected chi connectivity index (χ4v) is 3.80. The Morgan fingerprint density at radius 3 is 2.57 bits per heavy atom. The van der Waals surface area contributed by atoms with E-state index in [1.807, 2.05) is 31.3 Å². The van der Waals surface area contributed by atoms with Gasteiger partial charge in [-0.05, 0) is 24.1 Å². The van der Waals surface area contributed by atoms with Crippen LogP contribution in [0.25, 0.3) is 0 Å². The molecule has 2 N–H and O–H groups in total. The fraction of sp³-hybridized carbons (Fsp3) is 0.294. The first-order chi connectivity index (χ1) is 11.0. The zero-order chi connectivity index (χ0) is 16.6. The molecule has 23 heavy (non-hydrogen) atoms. The summed E-state index contributed by atoms with van der Waals surface area (Å²) in [6, 6.07) is 9.48. The van der Waals surface area contributed by atoms with E-state index in [4.69, 9.17) is 5.73 Å². The zero-order valence-electron chi connectivity index (χ0n) is 13.2. The molecule has 1 aromatic heterocycles. The monoisotopic (exact) mass is 329 g/mol. The van der Waals surface area contributed by atoms with Crippen molar-refractivity contribution in [2.24, 2.45) is 11.7 Å². The van der Waals surface area contributed by atoms with Crippen molar-refractivity contribution in [2.75, 3.05) is 29.9 Å². The van der Waals surface area contributed by atoms with Gasteiger partial charge in [0, 0.05) is 25.5 Å². The van der Waals surface area contributed by atoms with Gasteiger partial charge >= 0.3 is 0 Å². The molecule has 1 aliphatic heterocycles. The highest BCUT2D eigenvalue weighted by molar-refractivity contribution is 7.12. The van der Waals surface area contributed by atoms with Gasteiger partial charge in [0.1, 0.15) is 0 Å². The highest BCUT2D eigenvalue weighted by Crippen LogP contribution is 2.34. The number of nitrogens with two attached hydrogens (primary N) is 1. The molecule has 6 heteroatoms. The van der Waals surface area contributed by atoms with E-state index in [-0.39, 0.29) is 5.91 Å². The van der Waals surface area contributed by atoms with Crippen LogP contribution in [0.4, 0.5) is 11.4 Å². The minimum absolute atomic E-state index is 0.0860. The Morgan fingerprint density at radius 2 is 1.91 bits per heavy atom. The largest absolute Gasteiger partial charge is 0.373 e. The summed E-state index contributed by atoms with van der Waals surface area (Å²) >= 11 is 1.26. The number of benzene rings is 1. The van der Waals surface area contributed by atoms with E-state index in [1.165, 1.54) is 11.3 Å². The van der Waals surface area contributed by atoms with E-state index in [1.54, 1.807) is 16.3 Å². The van der Waals surface area contributed by atoms with Gasteiger partial charge in [-0.25, -0.2) is 0 Å². The summed E-state index contributed by atoms with van der Waals surface area (Å²) in [6.45, 7) is 3.66. The summed E-state index contributed by atoms with van der Waals surface area (Å²) in [7, 11) is 2.04. The Kier molecular flexibility index (Phi) is 4.09. The molecule has 0 bridgehead atoms. The van der Waals surface area contributed by atoms with Crippen molar-refractivity contribution in [2.45, 2.75) is 6.92 Å². The Balaban J connectivity index is 2.00. The molecule has 2 amide bonds. The molecule has 0 radical (unpaired) electrons. The van der Waals surface area contributed by atoms with Gasteiger partial charge in [-0.1, -0.05) is 19.1 Å². The lowest BCUT2D eigenvalue weighted by Gasteiger charge is -2.24. The smallest absolute Gasteiger partial charge is 0.268 e. The second kappa shape index (κ2) is 6.04. The van der Waals surface area contributed by atoms with Gasteiger partial charge in [-0.2, -0.15) is 0 Å². The van der Waals surface area contributed by atoms with Crippen LogP contribution in [-0.4, -0.2) is 32.0 Å². The molecule has 3 rings (SSSR count). The van der Waals surface area contributed by atoms with Gasteiger partial charge in [0.15, 0.2) is 0 Å². The van der Waals surface area contributed by atoms with Gasteiger partial charge < -0.3 is 15.5 Å². The van der Waals surface area contributed by atoms with Gasteiger partial charge in [0.25, 0.3) is 5.91 Å². The molecule has 0 saturated carbocycles. The van der Waals surface area contributed by atoms with Crippen molar-refractivity contribution in [3.8, 4) is 0 Å². The zero-order valence-corrected chi connectivity index (χ0v) is 14.0. The molecule has 0 saturated heterocycles. The topological polar surface area (TPSA) is 66.6 Å². The van der Waals surface area contributed by atoms with Crippen molar-refractivity contribution < 1.29 is 9.59 Å². The lowest BCUT2D eigenvalue weighted by atomic mass is 10.1. The predicted octanol–water partition coefficient (Wildman–Crippen LogP) is 2.58. The number of rotatable bonds is 2. The van der Waals surface area contributed by atoms with Crippen LogP contribution in [-0.2, 0) is 0 Å². The van der Waals surface area contributed by atoms with Crippen molar-refractivity contribution >= 4 is 34.5 Å². The first kappa shape index (κ1) is 15.6. The lowest BCUT2D eigenvalue weighted by molar-refractivity contribution is 0.0987. The van der Waals surface area contributed by atoms with E-state index >= 15 is 0 Å². The summed E-state index contributed by atoms with van der Waals surface area (Å²) in [5.41, 5.74) is 7.60. The number of hydrogen-bond acceptors (Lipinski definition) is 4. The van der Waals surface area contributed by atoms with Crippen LogP contribution in [0.2, 0.25) is 0 Å². The van der Waals surface area contributed by atoms with Crippen LogP contribution >= 0.6 is 11.3 Å². The number of para-hydroxylation sites is 2. The van der Waals surface area contributed by atoms with Crippen LogP contribution in [0.1, 0.15) is 27.0 Å². The van der Waals surface area contributed by atoms with Gasteiger partial charge in [0.05, 0.1) is 21.8 Å². The third kappa shape index (κ3) is 2.94. The number of carbonyl (C=O) groups excluding carboxylic acids is 2. The number of carbonyl (C=O) groups is 2. The Labute approximate surface area is 139 Å². The molecule has 120 valence electrons. The van der Waals surface area contributed by atoms with Crippen LogP contribution in [0.15, 0.2) is 35.7 Å². The standard InChI is InChI=1S/C17H19N3O2S/c1-11-8-19(2)13-5-3-4-6-14(13)20(9-11)17(22)15-7-12(10-23-15)16(18)21/h3-7,10-11H,8-9H2,1-2H3,(H2,18,21). The maximum absolute atomic E-state index is 13.0. The van der Waals surface area contributed by atoms with E-state index in [2.05, 4.69) is 11.8 Å². The van der Waals surface area contributed by atoms with E-state index in [9.17, 15) is 9.59 Å². The third-order valence-corrected chi connectivity index (χ3v) is 4.92. The summed E-state index contributed by atoms with van der Waals surface area (Å²) in [5.74, 6) is -0.256. The lowest BCUT2D eigenvalue weighted by Crippen LogP contribution is -2.34. The molecule has 1 atom stereocenters. The Bertz CT molecular complexity index is 756. The van der Waals surface area contributed by atoms with Gasteiger partial charge in [0.2, 0.25) is 5.91 Å². The maximum Gasteiger partial charge on any atom is 0.268 e. The first-order valence-electron chi connectivity index (χ1n) is 7.47. The number of hydrogen-bond donors (Lipinski definition) is 1. The molecule has 2 heterocycles. The number of fused-ring (bicyclic) bond motifs is 1. The molecule has 5 nitrogen and oxygen atoms in total. The van der Waals surface area contributed by atoms with Crippen molar-refractivity contribution in [1.82, 2.24) is 0 Å². The van der Waals surface area contributed by atoms with Crippen molar-refractivity contribution in [3.05, 3.63) is 46.2 Å². The molecule has 1 aromatic carbocycles. The molecule has 0 spiro atoms. The molecule has 2 aromatic rings. The Hall–Kier alpha value is -2.34. The quantitative estimate of drug-likeness (QED) is 0.921. The van der Waals surface area contributed by atoms with E-state index in [0.29, 0.717) is 22.9 Å². The molecule has 0 aliphatic carbocycles. The molecular formula is C17H19N3O2S. The number of nitrogens with zero attached hydrogens (tertiary/aromatic N) is 2. The highest BCUT2D eigenvalue weighted by atomic mass is 32.1. The highest BCUT2D eigenvalue weighted by Gasteiger charge is 2.28. The van der Waals surface area contributed by atoms with Crippen LogP contribution in [0, 0.1) is 5.92 Å². The fourth-order valence-electron chi connectivity index (χ4n) is 2.95. The van der Waals surface area contributed by atoms with Crippen molar-refractivity contribution in [1.29, 1.82) is 0 Å². The second-order valence-electron chi connectivity index (χ2n) is 5.95. The first-order valence-corrected chi connectivity index (χ1v) is 8.35. The number of amides is 2. The maximum atomic E-state index is 13.0. The van der Waals surface area contributed by atoms with Gasteiger partial charge in [-0.3, -0.25) is 9.59 Å². The minimum atomic E-state index is -0.510. The summed E-state index contributed by atoms with van der Waals surface area (Å²) in [4.78, 5) is 28.7. The number of anilines is 2. The van der Waals surface area contributed by atoms with E-state index < -0.39 is 5.91 Å². The van der Waals surface area contributed by atoms with Crippen LogP contribution in [0.5, 0.6) is 0 Å². The van der Waals surface area contributed by atoms with Gasteiger partial charge in [-0.15, -0.1) is 11.3 Å². The van der Waals surface area contributed by atoms with E-state index in [0.717, 1.165) is 17.9 Å². The Morgan fingerprint density at radius 1 is 1.22 bits per heavy atom. The molecular weight excluding hydrogens is 310 g/mol. The number of thiophene rings is 1. The molecule has 1 unspecified atom stereocenters. The average Bonchev–Trinajstić information content (AvgIpc) is 2.97. The normalized spacial score (nSPS) is 17.6. The van der Waals surface area contributed by atoms with Crippen LogP contribution < -0.4 is 15.5 Å². The number of primary amides is 1. The third-order valence-electron chi connectivity index (χ3n) is 4.00. The summed E-state index contributed by atoms with van der Waals surface area (Å²) in [5, 5.41) is 1.63. The minimum Gasteiger partial charge on any atom is -0.373 e. The van der Waals surface area contributed by atoms with Crippen LogP contribution in [0.3, 0.4) is 0 Å². The average molecular weight is 329 g/mol.